The van der Waals surface area contributed by atoms with Crippen LogP contribution in [-0.4, -0.2) is 27.6 Å². The zero-order chi connectivity index (χ0) is 11.8. The molecule has 0 heterocycles. The van der Waals surface area contributed by atoms with Gasteiger partial charge in [-0.15, -0.1) is 0 Å². The quantitative estimate of drug-likeness (QED) is 0.783. The van der Waals surface area contributed by atoms with Gasteiger partial charge in [-0.25, -0.2) is 13.1 Å². The number of rotatable bonds is 4. The zero-order valence-corrected chi connectivity index (χ0v) is 9.70. The van der Waals surface area contributed by atoms with E-state index in [0.717, 1.165) is 0 Å². The summed E-state index contributed by atoms with van der Waals surface area (Å²) in [5, 5.41) is 0. The van der Waals surface area contributed by atoms with Crippen LogP contribution in [-0.2, 0) is 10.0 Å². The summed E-state index contributed by atoms with van der Waals surface area (Å²) >= 11 is 0. The molecule has 0 amide bonds. The molecule has 1 aliphatic carbocycles. The topological polar surface area (TPSA) is 81.4 Å². The number of hydrogen-bond donors (Lipinski definition) is 2. The van der Waals surface area contributed by atoms with Crippen molar-refractivity contribution >= 4 is 10.0 Å². The van der Waals surface area contributed by atoms with E-state index in [2.05, 4.69) is 4.72 Å². The Hall–Kier alpha value is -1.11. The molecule has 0 saturated heterocycles. The summed E-state index contributed by atoms with van der Waals surface area (Å²) in [5.74, 6) is 0.517. The molecule has 1 aliphatic rings. The first-order chi connectivity index (χ1) is 7.53. The number of ether oxygens (including phenoxy) is 1. The highest BCUT2D eigenvalue weighted by Gasteiger charge is 2.37. The number of hydrogen-bond acceptors (Lipinski definition) is 4. The van der Waals surface area contributed by atoms with Crippen molar-refractivity contribution in [1.82, 2.24) is 4.72 Å². The summed E-state index contributed by atoms with van der Waals surface area (Å²) in [6, 6.07) is 6.16. The van der Waals surface area contributed by atoms with E-state index in [1.165, 1.54) is 19.2 Å². The van der Waals surface area contributed by atoms with E-state index in [0.29, 0.717) is 12.2 Å². The van der Waals surface area contributed by atoms with E-state index in [1.54, 1.807) is 12.1 Å². The van der Waals surface area contributed by atoms with Crippen LogP contribution >= 0.6 is 0 Å². The van der Waals surface area contributed by atoms with Crippen molar-refractivity contribution < 1.29 is 13.2 Å². The Balaban J connectivity index is 2.21. The normalized spacial score (nSPS) is 24.1. The molecule has 2 unspecified atom stereocenters. The summed E-state index contributed by atoms with van der Waals surface area (Å²) in [6.45, 7) is 0. The first kappa shape index (κ1) is 11.4. The lowest BCUT2D eigenvalue weighted by Crippen LogP contribution is -2.29. The lowest BCUT2D eigenvalue weighted by Gasteiger charge is -2.07. The van der Waals surface area contributed by atoms with Crippen molar-refractivity contribution in [2.24, 2.45) is 5.73 Å². The van der Waals surface area contributed by atoms with Crippen LogP contribution in [0.25, 0.3) is 0 Å². The Morgan fingerprint density at radius 1 is 1.50 bits per heavy atom. The van der Waals surface area contributed by atoms with Gasteiger partial charge < -0.3 is 10.5 Å². The van der Waals surface area contributed by atoms with Crippen molar-refractivity contribution in [3.63, 3.8) is 0 Å². The van der Waals surface area contributed by atoms with Gasteiger partial charge in [0.15, 0.2) is 0 Å². The monoisotopic (exact) mass is 242 g/mol. The molecule has 0 radical (unpaired) electrons. The molecule has 2 rings (SSSR count). The molecule has 1 aromatic carbocycles. The van der Waals surface area contributed by atoms with Crippen LogP contribution in [0.4, 0.5) is 0 Å². The van der Waals surface area contributed by atoms with E-state index in [1.807, 2.05) is 0 Å². The number of methoxy groups -OCH3 is 1. The number of nitrogens with one attached hydrogen (secondary N) is 1. The smallest absolute Gasteiger partial charge is 0.241 e. The second-order valence-electron chi connectivity index (χ2n) is 3.81. The fourth-order valence-corrected chi connectivity index (χ4v) is 2.72. The highest BCUT2D eigenvalue weighted by atomic mass is 32.2. The standard InChI is InChI=1S/C10H14N2O3S/c1-15-7-3-2-4-8(5-7)16(13,14)12-10-6-9(10)11/h2-5,9-10,12H,6,11H2,1H3. The number of nitrogens with two attached hydrogens (primary N) is 1. The molecular formula is C10H14N2O3S. The zero-order valence-electron chi connectivity index (χ0n) is 8.88. The van der Waals surface area contributed by atoms with Crippen molar-refractivity contribution in [3.05, 3.63) is 24.3 Å². The van der Waals surface area contributed by atoms with Gasteiger partial charge in [-0.1, -0.05) is 6.07 Å². The molecule has 0 aliphatic heterocycles. The van der Waals surface area contributed by atoms with Crippen molar-refractivity contribution in [3.8, 4) is 5.75 Å². The van der Waals surface area contributed by atoms with Crippen molar-refractivity contribution in [2.75, 3.05) is 7.11 Å². The molecule has 16 heavy (non-hydrogen) atoms. The third-order valence-corrected chi connectivity index (χ3v) is 3.99. The van der Waals surface area contributed by atoms with Gasteiger partial charge in [0.05, 0.1) is 12.0 Å². The van der Waals surface area contributed by atoms with Gasteiger partial charge in [0.2, 0.25) is 10.0 Å². The van der Waals surface area contributed by atoms with Gasteiger partial charge in [-0.2, -0.15) is 0 Å². The van der Waals surface area contributed by atoms with E-state index < -0.39 is 10.0 Å². The third-order valence-electron chi connectivity index (χ3n) is 2.50. The van der Waals surface area contributed by atoms with Gasteiger partial charge in [0.25, 0.3) is 0 Å². The molecule has 1 fully saturated rings. The Morgan fingerprint density at radius 3 is 2.75 bits per heavy atom. The molecule has 0 aromatic heterocycles. The van der Waals surface area contributed by atoms with E-state index >= 15 is 0 Å². The summed E-state index contributed by atoms with van der Waals surface area (Å²) in [5.41, 5.74) is 5.56. The largest absolute Gasteiger partial charge is 0.497 e. The molecule has 1 aromatic rings. The molecule has 2 atom stereocenters. The fourth-order valence-electron chi connectivity index (χ4n) is 1.39. The highest BCUT2D eigenvalue weighted by Crippen LogP contribution is 2.23. The van der Waals surface area contributed by atoms with E-state index in [9.17, 15) is 8.42 Å². The average Bonchev–Trinajstić information content (AvgIpc) is 2.93. The summed E-state index contributed by atoms with van der Waals surface area (Å²) in [4.78, 5) is 0.200. The summed E-state index contributed by atoms with van der Waals surface area (Å²) in [7, 11) is -1.98. The molecule has 0 spiro atoms. The van der Waals surface area contributed by atoms with Crippen LogP contribution in [0.2, 0.25) is 0 Å². The molecule has 6 heteroatoms. The Morgan fingerprint density at radius 2 is 2.19 bits per heavy atom. The second-order valence-corrected chi connectivity index (χ2v) is 5.52. The second kappa shape index (κ2) is 4.04. The van der Waals surface area contributed by atoms with Crippen molar-refractivity contribution in [1.29, 1.82) is 0 Å². The third kappa shape index (κ3) is 2.34. The first-order valence-electron chi connectivity index (χ1n) is 4.95. The van der Waals surface area contributed by atoms with Crippen LogP contribution in [0, 0.1) is 0 Å². The average molecular weight is 242 g/mol. The highest BCUT2D eigenvalue weighted by molar-refractivity contribution is 7.89. The Labute approximate surface area is 94.6 Å². The predicted molar refractivity (Wildman–Crippen MR) is 59.7 cm³/mol. The van der Waals surface area contributed by atoms with Gasteiger partial charge in [-0.05, 0) is 18.6 Å². The first-order valence-corrected chi connectivity index (χ1v) is 6.43. The minimum Gasteiger partial charge on any atom is -0.497 e. The van der Waals surface area contributed by atoms with Gasteiger partial charge in [0.1, 0.15) is 5.75 Å². The molecule has 1 saturated carbocycles. The van der Waals surface area contributed by atoms with E-state index in [-0.39, 0.29) is 17.0 Å². The maximum Gasteiger partial charge on any atom is 0.241 e. The van der Waals surface area contributed by atoms with Crippen LogP contribution in [0.5, 0.6) is 5.75 Å². The minimum absolute atomic E-state index is 0.0552. The minimum atomic E-state index is -3.47. The number of benzene rings is 1. The maximum absolute atomic E-state index is 11.9. The molecular weight excluding hydrogens is 228 g/mol. The summed E-state index contributed by atoms with van der Waals surface area (Å²) in [6.07, 6.45) is 0.698. The van der Waals surface area contributed by atoms with E-state index in [4.69, 9.17) is 10.5 Å². The predicted octanol–water partition coefficient (Wildman–Crippen LogP) is 0.0731. The molecule has 88 valence electrons. The Bertz CT molecular complexity index is 487. The lowest BCUT2D eigenvalue weighted by atomic mass is 10.3. The lowest BCUT2D eigenvalue weighted by molar-refractivity contribution is 0.413. The molecule has 0 bridgehead atoms. The summed E-state index contributed by atoms with van der Waals surface area (Å²) < 4.78 is 31.3. The molecule has 5 nitrogen and oxygen atoms in total. The SMILES string of the molecule is COc1cccc(S(=O)(=O)NC2CC2N)c1. The maximum atomic E-state index is 11.9. The van der Waals surface area contributed by atoms with Crippen LogP contribution in [0.15, 0.2) is 29.2 Å². The van der Waals surface area contributed by atoms with Crippen LogP contribution < -0.4 is 15.2 Å². The fraction of sp³-hybridized carbons (Fsp3) is 0.400. The van der Waals surface area contributed by atoms with Gasteiger partial charge in [0, 0.05) is 18.2 Å². The van der Waals surface area contributed by atoms with Crippen molar-refractivity contribution in [2.45, 2.75) is 23.4 Å². The van der Waals surface area contributed by atoms with Gasteiger partial charge in [-0.3, -0.25) is 0 Å². The number of sulfonamides is 1. The molecule has 3 N–H and O–H groups in total. The van der Waals surface area contributed by atoms with Gasteiger partial charge >= 0.3 is 0 Å². The Kier molecular flexibility index (Phi) is 2.88. The van der Waals surface area contributed by atoms with Crippen LogP contribution in [0.3, 0.4) is 0 Å². The van der Waals surface area contributed by atoms with Crippen LogP contribution in [0.1, 0.15) is 6.42 Å².